The van der Waals surface area contributed by atoms with Gasteiger partial charge < -0.3 is 9.47 Å². The number of hydrogen-bond donors (Lipinski definition) is 1. The highest BCUT2D eigenvalue weighted by molar-refractivity contribution is 6.32. The second-order valence-corrected chi connectivity index (χ2v) is 4.91. The van der Waals surface area contributed by atoms with Gasteiger partial charge in [0.05, 0.1) is 24.3 Å². The van der Waals surface area contributed by atoms with Gasteiger partial charge in [-0.3, -0.25) is 5.32 Å². The normalized spacial score (nSPS) is 19.9. The lowest BCUT2D eigenvalue weighted by Gasteiger charge is -2.16. The van der Waals surface area contributed by atoms with E-state index >= 15 is 0 Å². The molecule has 102 valence electrons. The Hall–Kier alpha value is -1.28. The van der Waals surface area contributed by atoms with Crippen LogP contribution < -0.4 is 10.1 Å². The molecule has 1 aliphatic heterocycles. The fourth-order valence-corrected chi connectivity index (χ4v) is 2.42. The van der Waals surface area contributed by atoms with E-state index in [2.05, 4.69) is 11.4 Å². The minimum Gasteiger partial charge on any atom is -0.495 e. The molecule has 1 aliphatic rings. The third-order valence-electron chi connectivity index (χ3n) is 3.21. The minimum absolute atomic E-state index is 0.213. The van der Waals surface area contributed by atoms with Crippen LogP contribution in [-0.2, 0) is 4.74 Å². The number of nitriles is 1. The van der Waals surface area contributed by atoms with Crippen LogP contribution in [0.3, 0.4) is 0 Å². The Morgan fingerprint density at radius 1 is 1.63 bits per heavy atom. The van der Waals surface area contributed by atoms with Gasteiger partial charge in [0.1, 0.15) is 11.8 Å². The molecule has 0 aromatic heterocycles. The number of nitrogens with one attached hydrogen (secondary N) is 1. The van der Waals surface area contributed by atoms with E-state index in [1.807, 2.05) is 6.07 Å². The quantitative estimate of drug-likeness (QED) is 0.901. The first-order valence-corrected chi connectivity index (χ1v) is 6.70. The molecule has 1 aromatic carbocycles. The molecular formula is C14H17ClN2O2. The van der Waals surface area contributed by atoms with E-state index in [0.29, 0.717) is 17.3 Å². The van der Waals surface area contributed by atoms with Crippen molar-refractivity contribution in [3.63, 3.8) is 0 Å². The van der Waals surface area contributed by atoms with E-state index in [-0.39, 0.29) is 12.1 Å². The molecule has 1 aromatic rings. The maximum atomic E-state index is 9.24. The van der Waals surface area contributed by atoms with Gasteiger partial charge in [0, 0.05) is 13.2 Å². The fourth-order valence-electron chi connectivity index (χ4n) is 2.15. The maximum absolute atomic E-state index is 9.24. The summed E-state index contributed by atoms with van der Waals surface area (Å²) in [6.45, 7) is 1.50. The standard InChI is InChI=1S/C14H17ClN2O2/c1-18-14-5-4-10(7-12(14)15)13(8-16)17-9-11-3-2-6-19-11/h4-5,7,11,13,17H,2-3,6,9H2,1H3. The Labute approximate surface area is 118 Å². The van der Waals surface area contributed by atoms with Crippen molar-refractivity contribution < 1.29 is 9.47 Å². The van der Waals surface area contributed by atoms with Gasteiger partial charge in [0.25, 0.3) is 0 Å². The molecule has 0 radical (unpaired) electrons. The van der Waals surface area contributed by atoms with Crippen molar-refractivity contribution in [2.45, 2.75) is 25.0 Å². The molecule has 0 saturated carbocycles. The smallest absolute Gasteiger partial charge is 0.137 e. The van der Waals surface area contributed by atoms with Gasteiger partial charge in [-0.25, -0.2) is 0 Å². The third-order valence-corrected chi connectivity index (χ3v) is 3.51. The average molecular weight is 281 g/mol. The molecule has 0 aliphatic carbocycles. The van der Waals surface area contributed by atoms with Gasteiger partial charge in [-0.2, -0.15) is 5.26 Å². The molecular weight excluding hydrogens is 264 g/mol. The van der Waals surface area contributed by atoms with Crippen LogP contribution in [0.1, 0.15) is 24.4 Å². The van der Waals surface area contributed by atoms with Gasteiger partial charge in [-0.15, -0.1) is 0 Å². The lowest BCUT2D eigenvalue weighted by molar-refractivity contribution is 0.109. The summed E-state index contributed by atoms with van der Waals surface area (Å²) in [6.07, 6.45) is 2.36. The average Bonchev–Trinajstić information content (AvgIpc) is 2.93. The van der Waals surface area contributed by atoms with E-state index in [0.717, 1.165) is 25.0 Å². The van der Waals surface area contributed by atoms with Crippen LogP contribution in [0.2, 0.25) is 5.02 Å². The van der Waals surface area contributed by atoms with E-state index in [9.17, 15) is 5.26 Å². The zero-order valence-electron chi connectivity index (χ0n) is 10.9. The van der Waals surface area contributed by atoms with Gasteiger partial charge in [-0.1, -0.05) is 17.7 Å². The van der Waals surface area contributed by atoms with Gasteiger partial charge >= 0.3 is 0 Å². The van der Waals surface area contributed by atoms with E-state index in [4.69, 9.17) is 21.1 Å². The molecule has 5 heteroatoms. The molecule has 4 nitrogen and oxygen atoms in total. The molecule has 1 fully saturated rings. The third kappa shape index (κ3) is 3.60. The summed E-state index contributed by atoms with van der Waals surface area (Å²) in [7, 11) is 1.57. The molecule has 2 atom stereocenters. The van der Waals surface area contributed by atoms with Crippen molar-refractivity contribution in [2.75, 3.05) is 20.3 Å². The van der Waals surface area contributed by atoms with Crippen molar-refractivity contribution in [1.82, 2.24) is 5.32 Å². The molecule has 1 saturated heterocycles. The molecule has 19 heavy (non-hydrogen) atoms. The summed E-state index contributed by atoms with van der Waals surface area (Å²) in [5, 5.41) is 13.0. The van der Waals surface area contributed by atoms with E-state index in [1.54, 1.807) is 19.2 Å². The molecule has 0 spiro atoms. The fraction of sp³-hybridized carbons (Fsp3) is 0.500. The summed E-state index contributed by atoms with van der Waals surface area (Å²) in [4.78, 5) is 0. The van der Waals surface area contributed by atoms with Crippen LogP contribution in [-0.4, -0.2) is 26.4 Å². The van der Waals surface area contributed by atoms with Gasteiger partial charge in [0.2, 0.25) is 0 Å². The summed E-state index contributed by atoms with van der Waals surface area (Å²) < 4.78 is 10.6. The summed E-state index contributed by atoms with van der Waals surface area (Å²) in [5.41, 5.74) is 0.839. The largest absolute Gasteiger partial charge is 0.495 e. The highest BCUT2D eigenvalue weighted by Crippen LogP contribution is 2.27. The van der Waals surface area contributed by atoms with Gasteiger partial charge in [0.15, 0.2) is 0 Å². The number of benzene rings is 1. The van der Waals surface area contributed by atoms with Crippen LogP contribution in [0.5, 0.6) is 5.75 Å². The molecule has 0 amide bonds. The number of nitrogens with zero attached hydrogens (tertiary/aromatic N) is 1. The summed E-state index contributed by atoms with van der Waals surface area (Å²) in [6, 6.07) is 7.24. The summed E-state index contributed by atoms with van der Waals surface area (Å²) in [5.74, 6) is 0.612. The molecule has 1 N–H and O–H groups in total. The number of halogens is 1. The Bertz CT molecular complexity index is 467. The number of hydrogen-bond acceptors (Lipinski definition) is 4. The van der Waals surface area contributed by atoms with Gasteiger partial charge in [-0.05, 0) is 30.5 Å². The van der Waals surface area contributed by atoms with Crippen molar-refractivity contribution in [2.24, 2.45) is 0 Å². The molecule has 2 rings (SSSR count). The Balaban J connectivity index is 2.00. The SMILES string of the molecule is COc1ccc(C(C#N)NCC2CCCO2)cc1Cl. The highest BCUT2D eigenvalue weighted by Gasteiger charge is 2.18. The van der Waals surface area contributed by atoms with Crippen LogP contribution in [0, 0.1) is 11.3 Å². The minimum atomic E-state index is -0.382. The first kappa shape index (κ1) is 14.1. The Morgan fingerprint density at radius 3 is 3.05 bits per heavy atom. The van der Waals surface area contributed by atoms with E-state index < -0.39 is 0 Å². The molecule has 0 bridgehead atoms. The van der Waals surface area contributed by atoms with Crippen LogP contribution in [0.4, 0.5) is 0 Å². The zero-order chi connectivity index (χ0) is 13.7. The second kappa shape index (κ2) is 6.76. The predicted octanol–water partition coefficient (Wildman–Crippen LogP) is 2.68. The van der Waals surface area contributed by atoms with Crippen LogP contribution >= 0.6 is 11.6 Å². The maximum Gasteiger partial charge on any atom is 0.137 e. The number of ether oxygens (including phenoxy) is 2. The monoisotopic (exact) mass is 280 g/mol. The lowest BCUT2D eigenvalue weighted by Crippen LogP contribution is -2.29. The highest BCUT2D eigenvalue weighted by atomic mass is 35.5. The Morgan fingerprint density at radius 2 is 2.47 bits per heavy atom. The first-order valence-electron chi connectivity index (χ1n) is 6.32. The topological polar surface area (TPSA) is 54.3 Å². The van der Waals surface area contributed by atoms with Crippen LogP contribution in [0.25, 0.3) is 0 Å². The zero-order valence-corrected chi connectivity index (χ0v) is 11.6. The Kier molecular flexibility index (Phi) is 5.03. The lowest BCUT2D eigenvalue weighted by atomic mass is 10.1. The molecule has 2 unspecified atom stereocenters. The first-order chi connectivity index (χ1) is 9.24. The van der Waals surface area contributed by atoms with E-state index in [1.165, 1.54) is 0 Å². The number of rotatable bonds is 5. The van der Waals surface area contributed by atoms with Crippen molar-refractivity contribution in [3.05, 3.63) is 28.8 Å². The summed E-state index contributed by atoms with van der Waals surface area (Å²) >= 11 is 6.07. The van der Waals surface area contributed by atoms with Crippen molar-refractivity contribution in [3.8, 4) is 11.8 Å². The second-order valence-electron chi connectivity index (χ2n) is 4.50. The number of methoxy groups -OCH3 is 1. The molecule has 1 heterocycles. The van der Waals surface area contributed by atoms with Crippen molar-refractivity contribution in [1.29, 1.82) is 5.26 Å². The predicted molar refractivity (Wildman–Crippen MR) is 73.3 cm³/mol. The van der Waals surface area contributed by atoms with Crippen LogP contribution in [0.15, 0.2) is 18.2 Å². The van der Waals surface area contributed by atoms with Crippen molar-refractivity contribution >= 4 is 11.6 Å².